The minimum absolute atomic E-state index is 0.0796. The van der Waals surface area contributed by atoms with Crippen LogP contribution in [-0.4, -0.2) is 27.4 Å². The molecule has 1 aromatic carbocycles. The third-order valence-electron chi connectivity index (χ3n) is 2.21. The molecule has 0 unspecified atom stereocenters. The summed E-state index contributed by atoms with van der Waals surface area (Å²) in [4.78, 5) is 11.0. The molecule has 100 valence electrons. The number of alkyl halides is 3. The van der Waals surface area contributed by atoms with Gasteiger partial charge >= 0.3 is 12.1 Å². The monoisotopic (exact) mass is 272 g/mol. The van der Waals surface area contributed by atoms with Gasteiger partial charge < -0.3 is 9.52 Å². The highest BCUT2D eigenvalue weighted by atomic mass is 19.4. The Balaban J connectivity index is 2.36. The molecule has 0 aliphatic heterocycles. The van der Waals surface area contributed by atoms with Crippen LogP contribution in [0.3, 0.4) is 0 Å². The number of carbonyl (C=O) groups is 1. The van der Waals surface area contributed by atoms with Crippen molar-refractivity contribution in [2.45, 2.75) is 12.6 Å². The Kier molecular flexibility index (Phi) is 3.24. The van der Waals surface area contributed by atoms with Crippen LogP contribution in [0, 0.1) is 0 Å². The van der Waals surface area contributed by atoms with E-state index in [0.29, 0.717) is 0 Å². The Bertz CT molecular complexity index is 607. The summed E-state index contributed by atoms with van der Waals surface area (Å²) in [6, 6.07) is 5.69. The van der Waals surface area contributed by atoms with Gasteiger partial charge in [0.2, 0.25) is 11.8 Å². The number of carboxylic acids is 1. The van der Waals surface area contributed by atoms with Crippen molar-refractivity contribution < 1.29 is 27.5 Å². The maximum Gasteiger partial charge on any atom is 0.397 e. The molecule has 1 N–H and O–H groups in total. The second-order valence-corrected chi connectivity index (χ2v) is 3.64. The highest BCUT2D eigenvalue weighted by molar-refractivity contribution is 5.94. The van der Waals surface area contributed by atoms with E-state index in [4.69, 9.17) is 9.52 Å². The Morgan fingerprint density at radius 1 is 1.26 bits per heavy atom. The number of nitrogens with zero attached hydrogens (tertiary/aromatic N) is 2. The lowest BCUT2D eigenvalue weighted by Gasteiger charge is -2.01. The molecule has 0 amide bonds. The van der Waals surface area contributed by atoms with Gasteiger partial charge in [0.05, 0.1) is 11.1 Å². The van der Waals surface area contributed by atoms with Gasteiger partial charge in [-0.2, -0.15) is 13.2 Å². The Hall–Kier alpha value is -2.38. The molecule has 0 aliphatic rings. The van der Waals surface area contributed by atoms with Crippen molar-refractivity contribution >= 4 is 5.97 Å². The maximum atomic E-state index is 12.1. The molecule has 19 heavy (non-hydrogen) atoms. The summed E-state index contributed by atoms with van der Waals surface area (Å²) in [5.41, 5.74) is -0.0411. The minimum atomic E-state index is -4.46. The number of aromatic carboxylic acids is 1. The summed E-state index contributed by atoms with van der Waals surface area (Å²) in [6.07, 6.45) is -5.81. The van der Waals surface area contributed by atoms with Crippen LogP contribution < -0.4 is 0 Å². The SMILES string of the molecule is O=C(O)c1ccccc1-c1nnc(CC(F)(F)F)o1. The van der Waals surface area contributed by atoms with Gasteiger partial charge in [0.15, 0.2) is 0 Å². The molecule has 2 aromatic rings. The van der Waals surface area contributed by atoms with Gasteiger partial charge in [0.1, 0.15) is 6.42 Å². The van der Waals surface area contributed by atoms with Crippen molar-refractivity contribution in [2.75, 3.05) is 0 Å². The molecule has 1 heterocycles. The van der Waals surface area contributed by atoms with Crippen LogP contribution in [0.4, 0.5) is 13.2 Å². The van der Waals surface area contributed by atoms with Crippen molar-refractivity contribution in [3.63, 3.8) is 0 Å². The number of carboxylic acid groups (broad SMARTS) is 1. The van der Waals surface area contributed by atoms with Gasteiger partial charge in [-0.3, -0.25) is 0 Å². The summed E-state index contributed by atoms with van der Waals surface area (Å²) in [6.45, 7) is 0. The lowest BCUT2D eigenvalue weighted by Crippen LogP contribution is -2.11. The van der Waals surface area contributed by atoms with Crippen molar-refractivity contribution in [3.05, 3.63) is 35.7 Å². The molecular formula is C11H7F3N2O3. The number of hydrogen-bond donors (Lipinski definition) is 1. The first-order valence-corrected chi connectivity index (χ1v) is 5.08. The van der Waals surface area contributed by atoms with Crippen LogP contribution in [-0.2, 0) is 6.42 Å². The fraction of sp³-hybridized carbons (Fsp3) is 0.182. The zero-order chi connectivity index (χ0) is 14.0. The highest BCUT2D eigenvalue weighted by Gasteiger charge is 2.31. The molecular weight excluding hydrogens is 265 g/mol. The standard InChI is InChI=1S/C11H7F3N2O3/c12-11(13,14)5-8-15-16-9(19-8)6-3-1-2-4-7(6)10(17)18/h1-4H,5H2,(H,17,18). The third-order valence-corrected chi connectivity index (χ3v) is 2.21. The molecule has 0 saturated heterocycles. The van der Waals surface area contributed by atoms with E-state index in [-0.39, 0.29) is 17.0 Å². The maximum absolute atomic E-state index is 12.1. The summed E-state index contributed by atoms with van der Waals surface area (Å²) in [7, 11) is 0. The summed E-state index contributed by atoms with van der Waals surface area (Å²) >= 11 is 0. The lowest BCUT2D eigenvalue weighted by molar-refractivity contribution is -0.130. The first kappa shape index (κ1) is 13.1. The topological polar surface area (TPSA) is 76.2 Å². The van der Waals surface area contributed by atoms with E-state index in [2.05, 4.69) is 10.2 Å². The molecule has 0 spiro atoms. The number of rotatable bonds is 3. The van der Waals surface area contributed by atoms with E-state index < -0.39 is 24.5 Å². The van der Waals surface area contributed by atoms with Crippen LogP contribution in [0.2, 0.25) is 0 Å². The van der Waals surface area contributed by atoms with Crippen LogP contribution in [0.5, 0.6) is 0 Å². The van der Waals surface area contributed by atoms with E-state index in [0.717, 1.165) is 0 Å². The minimum Gasteiger partial charge on any atom is -0.478 e. The third kappa shape index (κ3) is 3.09. The largest absolute Gasteiger partial charge is 0.478 e. The molecule has 0 aliphatic carbocycles. The van der Waals surface area contributed by atoms with E-state index in [9.17, 15) is 18.0 Å². The Morgan fingerprint density at radius 2 is 1.95 bits per heavy atom. The molecule has 0 bridgehead atoms. The second kappa shape index (κ2) is 4.71. The van der Waals surface area contributed by atoms with Crippen molar-refractivity contribution in [2.24, 2.45) is 0 Å². The predicted octanol–water partition coefficient (Wildman–Crippen LogP) is 2.54. The van der Waals surface area contributed by atoms with Crippen LogP contribution in [0.25, 0.3) is 11.5 Å². The zero-order valence-electron chi connectivity index (χ0n) is 9.31. The first-order valence-electron chi connectivity index (χ1n) is 5.08. The summed E-state index contributed by atoms with van der Waals surface area (Å²) < 4.78 is 41.2. The van der Waals surface area contributed by atoms with Crippen molar-refractivity contribution in [1.82, 2.24) is 10.2 Å². The number of aromatic nitrogens is 2. The number of hydrogen-bond acceptors (Lipinski definition) is 4. The molecule has 5 nitrogen and oxygen atoms in total. The molecule has 8 heteroatoms. The van der Waals surface area contributed by atoms with E-state index in [1.54, 1.807) is 0 Å². The van der Waals surface area contributed by atoms with E-state index in [1.165, 1.54) is 24.3 Å². The van der Waals surface area contributed by atoms with Gasteiger partial charge in [0, 0.05) is 0 Å². The fourth-order valence-electron chi connectivity index (χ4n) is 1.46. The van der Waals surface area contributed by atoms with Crippen LogP contribution in [0.15, 0.2) is 28.7 Å². The zero-order valence-corrected chi connectivity index (χ0v) is 9.31. The lowest BCUT2D eigenvalue weighted by atomic mass is 10.1. The molecule has 2 rings (SSSR count). The number of benzene rings is 1. The Morgan fingerprint density at radius 3 is 2.58 bits per heavy atom. The Labute approximate surface area is 104 Å². The quantitative estimate of drug-likeness (QED) is 0.929. The van der Waals surface area contributed by atoms with Crippen LogP contribution >= 0.6 is 0 Å². The average molecular weight is 272 g/mol. The molecule has 1 aromatic heterocycles. The molecule has 0 fully saturated rings. The van der Waals surface area contributed by atoms with Crippen molar-refractivity contribution in [3.8, 4) is 11.5 Å². The smallest absolute Gasteiger partial charge is 0.397 e. The summed E-state index contributed by atoms with van der Waals surface area (Å²) in [5, 5.41) is 15.6. The first-order chi connectivity index (χ1) is 8.87. The normalized spacial score (nSPS) is 11.5. The molecule has 0 atom stereocenters. The average Bonchev–Trinajstić information content (AvgIpc) is 2.75. The van der Waals surface area contributed by atoms with Gasteiger partial charge in [-0.15, -0.1) is 10.2 Å². The highest BCUT2D eigenvalue weighted by Crippen LogP contribution is 2.25. The second-order valence-electron chi connectivity index (χ2n) is 3.64. The van der Waals surface area contributed by atoms with Crippen LogP contribution in [0.1, 0.15) is 16.2 Å². The fourth-order valence-corrected chi connectivity index (χ4v) is 1.46. The van der Waals surface area contributed by atoms with Gasteiger partial charge in [-0.25, -0.2) is 4.79 Å². The van der Waals surface area contributed by atoms with Gasteiger partial charge in [-0.05, 0) is 12.1 Å². The van der Waals surface area contributed by atoms with Crippen molar-refractivity contribution in [1.29, 1.82) is 0 Å². The van der Waals surface area contributed by atoms with E-state index >= 15 is 0 Å². The van der Waals surface area contributed by atoms with E-state index in [1.807, 2.05) is 0 Å². The summed E-state index contributed by atoms with van der Waals surface area (Å²) in [5.74, 6) is -2.09. The van der Waals surface area contributed by atoms with Gasteiger partial charge in [0.25, 0.3) is 0 Å². The molecule has 0 radical (unpaired) electrons. The molecule has 0 saturated carbocycles. The van der Waals surface area contributed by atoms with Gasteiger partial charge in [-0.1, -0.05) is 12.1 Å². The predicted molar refractivity (Wildman–Crippen MR) is 56.5 cm³/mol. The number of halogens is 3.